The summed E-state index contributed by atoms with van der Waals surface area (Å²) >= 11 is 0. The average Bonchev–Trinajstić information content (AvgIpc) is 3.18. The first-order valence-corrected chi connectivity index (χ1v) is 19.7. The normalized spacial score (nSPS) is 12.3. The average molecular weight is 853 g/mol. The molecule has 6 aromatic carbocycles. The van der Waals surface area contributed by atoms with Gasteiger partial charge in [-0.15, -0.1) is 10.2 Å². The predicted molar refractivity (Wildman–Crippen MR) is 218 cm³/mol. The Morgan fingerprint density at radius 3 is 1.22 bits per heavy atom. The Morgan fingerprint density at radius 1 is 0.517 bits per heavy atom. The van der Waals surface area contributed by atoms with Crippen molar-refractivity contribution < 1.29 is 60.8 Å². The molecule has 0 heterocycles. The number of benzene rings is 6. The van der Waals surface area contributed by atoms with E-state index < -0.39 is 70.9 Å². The van der Waals surface area contributed by atoms with Crippen LogP contribution in [0.25, 0.3) is 33.7 Å². The fraction of sp³-hybridized carbons (Fsp3) is 0. The largest absolute Gasteiger partial charge is 0.505 e. The van der Waals surface area contributed by atoms with Crippen LogP contribution in [0.2, 0.25) is 0 Å². The van der Waals surface area contributed by atoms with Crippen LogP contribution in [0.5, 0.6) is 11.5 Å². The molecule has 0 fully saturated rings. The number of hydrogen-bond acceptors (Lipinski definition) is 13. The fourth-order valence-electron chi connectivity index (χ4n) is 5.59. The van der Waals surface area contributed by atoms with Crippen molar-refractivity contribution in [2.75, 3.05) is 10.6 Å². The fourth-order valence-corrected chi connectivity index (χ4v) is 6.91. The number of carbonyl (C=O) groups excluding carboxylic acids is 1. The van der Waals surface area contributed by atoms with Gasteiger partial charge in [-0.3, -0.25) is 9.11 Å². The molecular weight excluding hydrogens is 825 g/mol. The van der Waals surface area contributed by atoms with Gasteiger partial charge in [-0.2, -0.15) is 27.1 Å². The molecule has 21 heteroatoms. The second-order valence-corrected chi connectivity index (χ2v) is 15.3. The predicted octanol–water partition coefficient (Wildman–Crippen LogP) is 8.57. The molecule has 6 aromatic rings. The van der Waals surface area contributed by atoms with Crippen LogP contribution in [0.1, 0.15) is 11.1 Å². The number of nitrogens with one attached hydrogen (secondary N) is 2. The summed E-state index contributed by atoms with van der Waals surface area (Å²) in [7, 11) is -9.97. The third-order valence-electron chi connectivity index (χ3n) is 8.33. The van der Waals surface area contributed by atoms with Gasteiger partial charge in [0.25, 0.3) is 20.2 Å². The molecule has 19 nitrogen and oxygen atoms in total. The molecule has 0 saturated heterocycles. The Morgan fingerprint density at radius 2 is 0.883 bits per heavy atom. The highest BCUT2D eigenvalue weighted by Gasteiger charge is 2.24. The zero-order valence-electron chi connectivity index (χ0n) is 30.2. The van der Waals surface area contributed by atoms with Crippen molar-refractivity contribution in [1.29, 1.82) is 0 Å². The number of carboxylic acid groups (broad SMARTS) is 2. The SMILES string of the molecule is O=C(O)C=Cc1ccc(N=Nc2c(S(=O)(=O)O)cc3cc(NC(=O)Nc4ccc5c(O)c(N=Nc6ccc(C=CC(=O)O)cc6)c(S(=O)(=O)O)cc5c4)ccc3c2O)cc1. The van der Waals surface area contributed by atoms with Gasteiger partial charge >= 0.3 is 18.0 Å². The lowest BCUT2D eigenvalue weighted by molar-refractivity contribution is -0.132. The van der Waals surface area contributed by atoms with E-state index in [-0.39, 0.29) is 44.3 Å². The van der Waals surface area contributed by atoms with Gasteiger partial charge in [-0.1, -0.05) is 24.3 Å². The van der Waals surface area contributed by atoms with E-state index in [9.17, 15) is 50.5 Å². The summed E-state index contributed by atoms with van der Waals surface area (Å²) in [4.78, 5) is 33.0. The summed E-state index contributed by atoms with van der Waals surface area (Å²) in [5.74, 6) is -3.60. The van der Waals surface area contributed by atoms with Crippen LogP contribution < -0.4 is 10.6 Å². The monoisotopic (exact) mass is 852 g/mol. The minimum absolute atomic E-state index is 0.0585. The van der Waals surface area contributed by atoms with Crippen molar-refractivity contribution in [2.45, 2.75) is 9.79 Å². The van der Waals surface area contributed by atoms with Crippen LogP contribution in [-0.2, 0) is 29.8 Å². The summed E-state index contributed by atoms with van der Waals surface area (Å²) in [5.41, 5.74) is 0.508. The number of rotatable bonds is 12. The molecule has 0 bridgehead atoms. The molecule has 0 saturated carbocycles. The van der Waals surface area contributed by atoms with Gasteiger partial charge in [0, 0.05) is 34.3 Å². The zero-order chi connectivity index (χ0) is 43.4. The second-order valence-electron chi connectivity index (χ2n) is 12.5. The van der Waals surface area contributed by atoms with E-state index in [0.29, 0.717) is 11.1 Å². The highest BCUT2D eigenvalue weighted by molar-refractivity contribution is 7.86. The summed E-state index contributed by atoms with van der Waals surface area (Å²) in [6.07, 6.45) is 4.55. The summed E-state index contributed by atoms with van der Waals surface area (Å²) in [6.45, 7) is 0. The number of anilines is 2. The third kappa shape index (κ3) is 9.99. The molecule has 0 aromatic heterocycles. The van der Waals surface area contributed by atoms with Gasteiger partial charge < -0.3 is 31.1 Å². The highest BCUT2D eigenvalue weighted by Crippen LogP contribution is 2.43. The number of aliphatic carboxylic acids is 2. The molecule has 0 aliphatic rings. The summed E-state index contributed by atoms with van der Waals surface area (Å²) < 4.78 is 69.4. The first-order valence-electron chi connectivity index (χ1n) is 16.8. The molecule has 0 atom stereocenters. The molecule has 8 N–H and O–H groups in total. The number of carboxylic acids is 2. The Hall–Kier alpha value is -7.85. The van der Waals surface area contributed by atoms with Crippen LogP contribution in [0.3, 0.4) is 0 Å². The van der Waals surface area contributed by atoms with E-state index in [1.807, 2.05) is 0 Å². The topological polar surface area (TPSA) is 314 Å². The van der Waals surface area contributed by atoms with Gasteiger partial charge in [-0.05, 0) is 107 Å². The van der Waals surface area contributed by atoms with Crippen LogP contribution in [0, 0.1) is 0 Å². The molecule has 0 spiro atoms. The Balaban J connectivity index is 1.23. The molecule has 304 valence electrons. The standard InChI is InChI=1S/C39H28N6O13S2/c46-33(47)15-5-21-1-7-25(8-2-21)42-44-35-31(59(53,54)55)19-23-17-27(11-13-29(23)37(35)50)40-39(52)41-28-12-14-30-24(18-28)20-32(60(56,57)58)36(38(30)51)45-43-26-9-3-22(4-10-26)6-16-34(48)49/h1-20,50-51H,(H,46,47)(H,48,49)(H2,40,41,52)(H,53,54,55)(H,56,57,58). The van der Waals surface area contributed by atoms with Crippen LogP contribution >= 0.6 is 0 Å². The number of azo groups is 2. The number of fused-ring (bicyclic) bond motifs is 2. The lowest BCUT2D eigenvalue weighted by atomic mass is 10.1. The molecule has 0 unspecified atom stereocenters. The van der Waals surface area contributed by atoms with Crippen molar-refractivity contribution in [2.24, 2.45) is 20.5 Å². The maximum atomic E-state index is 13.1. The quantitative estimate of drug-likeness (QED) is 0.0325. The third-order valence-corrected chi connectivity index (χ3v) is 10.1. The number of urea groups is 1. The van der Waals surface area contributed by atoms with E-state index >= 15 is 0 Å². The van der Waals surface area contributed by atoms with E-state index in [1.54, 1.807) is 0 Å². The number of phenols is 2. The van der Waals surface area contributed by atoms with Crippen molar-refractivity contribution in [3.05, 3.63) is 120 Å². The van der Waals surface area contributed by atoms with Gasteiger partial charge in [0.1, 0.15) is 21.2 Å². The van der Waals surface area contributed by atoms with E-state index in [2.05, 4.69) is 31.1 Å². The molecule has 6 rings (SSSR count). The molecule has 60 heavy (non-hydrogen) atoms. The first kappa shape index (κ1) is 41.8. The number of amides is 2. The number of phenolic OH excluding ortho intramolecular Hbond substituents is 2. The van der Waals surface area contributed by atoms with E-state index in [4.69, 9.17) is 10.2 Å². The summed E-state index contributed by atoms with van der Waals surface area (Å²) in [5, 5.41) is 60.5. The Kier molecular flexibility index (Phi) is 11.8. The van der Waals surface area contributed by atoms with Crippen LogP contribution in [-0.4, -0.2) is 64.3 Å². The smallest absolute Gasteiger partial charge is 0.328 e. The van der Waals surface area contributed by atoms with E-state index in [1.165, 1.54) is 97.1 Å². The lowest BCUT2D eigenvalue weighted by Gasteiger charge is -2.13. The van der Waals surface area contributed by atoms with Gasteiger partial charge in [0.05, 0.1) is 11.4 Å². The van der Waals surface area contributed by atoms with Crippen molar-refractivity contribution in [1.82, 2.24) is 0 Å². The minimum Gasteiger partial charge on any atom is -0.505 e. The molecule has 2 amide bonds. The van der Waals surface area contributed by atoms with Crippen LogP contribution in [0.4, 0.5) is 38.9 Å². The lowest BCUT2D eigenvalue weighted by Crippen LogP contribution is -2.19. The number of aromatic hydroxyl groups is 2. The minimum atomic E-state index is -4.99. The number of nitrogens with zero attached hydrogens (tertiary/aromatic N) is 4. The number of hydrogen-bond donors (Lipinski definition) is 8. The van der Waals surface area contributed by atoms with Gasteiger partial charge in [0.15, 0.2) is 11.5 Å². The first-order chi connectivity index (χ1) is 28.3. The second kappa shape index (κ2) is 16.9. The highest BCUT2D eigenvalue weighted by atomic mass is 32.2. The molecular formula is C39H28N6O13S2. The maximum absolute atomic E-state index is 13.1. The van der Waals surface area contributed by atoms with Crippen molar-refractivity contribution in [3.8, 4) is 11.5 Å². The maximum Gasteiger partial charge on any atom is 0.328 e. The van der Waals surface area contributed by atoms with Crippen LogP contribution in [0.15, 0.2) is 139 Å². The molecule has 0 radical (unpaired) electrons. The van der Waals surface area contributed by atoms with Crippen molar-refractivity contribution in [3.63, 3.8) is 0 Å². The van der Waals surface area contributed by atoms with Crippen molar-refractivity contribution >= 4 is 106 Å². The Labute approximate surface area is 338 Å². The van der Waals surface area contributed by atoms with E-state index in [0.717, 1.165) is 24.3 Å². The summed E-state index contributed by atoms with van der Waals surface area (Å²) in [6, 6.07) is 21.1. The van der Waals surface area contributed by atoms with Gasteiger partial charge in [-0.25, -0.2) is 14.4 Å². The van der Waals surface area contributed by atoms with Gasteiger partial charge in [0.2, 0.25) is 0 Å². The number of carbonyl (C=O) groups is 3. The molecule has 0 aliphatic carbocycles. The zero-order valence-corrected chi connectivity index (χ0v) is 31.8. The Bertz CT molecular complexity index is 2870. The molecule has 0 aliphatic heterocycles.